The van der Waals surface area contributed by atoms with Gasteiger partial charge in [0, 0.05) is 12.4 Å². The minimum absolute atomic E-state index is 0.185. The van der Waals surface area contributed by atoms with Crippen LogP contribution in [0.15, 0.2) is 76.7 Å². The van der Waals surface area contributed by atoms with Crippen molar-refractivity contribution >= 4 is 11.6 Å². The maximum absolute atomic E-state index is 11.9. The Labute approximate surface area is 126 Å². The summed E-state index contributed by atoms with van der Waals surface area (Å²) in [5.74, 6) is -0.250. The van der Waals surface area contributed by atoms with Crippen LogP contribution >= 0.6 is 0 Å². The number of hydrogen-bond donors (Lipinski definition) is 1. The Bertz CT molecular complexity index is 727. The second kappa shape index (κ2) is 6.45. The number of nitrogens with one attached hydrogen (secondary N) is 1. The van der Waals surface area contributed by atoms with Crippen LogP contribution in [0.4, 0.5) is 0 Å². The molecule has 0 aliphatic heterocycles. The van der Waals surface area contributed by atoms with E-state index in [-0.39, 0.29) is 5.76 Å². The van der Waals surface area contributed by atoms with Crippen LogP contribution in [0.25, 0.3) is 0 Å². The van der Waals surface area contributed by atoms with E-state index in [0.717, 1.165) is 0 Å². The van der Waals surface area contributed by atoms with Crippen LogP contribution in [0, 0.1) is 0 Å². The highest BCUT2D eigenvalue weighted by atomic mass is 16.3. The van der Waals surface area contributed by atoms with E-state index < -0.39 is 5.91 Å². The zero-order valence-corrected chi connectivity index (χ0v) is 11.5. The van der Waals surface area contributed by atoms with Crippen molar-refractivity contribution < 1.29 is 9.21 Å². The van der Waals surface area contributed by atoms with E-state index in [1.807, 2.05) is 12.1 Å². The standard InChI is InChI=1S/C16H12N4O2/c21-16(14-8-5-11-22-14)20-19-15(12-6-1-3-9-17-12)13-7-2-4-10-18-13/h1-11H,(H,20,21). The lowest BCUT2D eigenvalue weighted by molar-refractivity contribution is 0.0927. The Balaban J connectivity index is 1.92. The normalized spacial score (nSPS) is 10.0. The molecule has 0 unspecified atom stereocenters. The lowest BCUT2D eigenvalue weighted by Gasteiger charge is -2.05. The van der Waals surface area contributed by atoms with Crippen molar-refractivity contribution in [3.05, 3.63) is 84.3 Å². The van der Waals surface area contributed by atoms with Crippen LogP contribution in [-0.4, -0.2) is 21.6 Å². The molecule has 3 heterocycles. The van der Waals surface area contributed by atoms with Crippen molar-refractivity contribution in [1.29, 1.82) is 0 Å². The molecule has 0 aromatic carbocycles. The SMILES string of the molecule is O=C(NN=C(c1ccccn1)c1ccccn1)c1ccco1. The van der Waals surface area contributed by atoms with Crippen molar-refractivity contribution in [1.82, 2.24) is 15.4 Å². The molecule has 0 saturated carbocycles. The third-order valence-corrected chi connectivity index (χ3v) is 2.83. The number of carbonyl (C=O) groups excluding carboxylic acids is 1. The molecule has 108 valence electrons. The van der Waals surface area contributed by atoms with E-state index in [1.165, 1.54) is 6.26 Å². The van der Waals surface area contributed by atoms with Crippen LogP contribution in [0.1, 0.15) is 21.9 Å². The van der Waals surface area contributed by atoms with E-state index in [4.69, 9.17) is 4.42 Å². The fraction of sp³-hybridized carbons (Fsp3) is 0. The number of amides is 1. The van der Waals surface area contributed by atoms with Gasteiger partial charge in [-0.2, -0.15) is 5.10 Å². The third-order valence-electron chi connectivity index (χ3n) is 2.83. The first-order valence-corrected chi connectivity index (χ1v) is 6.59. The molecule has 6 heteroatoms. The molecule has 0 atom stereocenters. The van der Waals surface area contributed by atoms with Gasteiger partial charge in [-0.1, -0.05) is 12.1 Å². The first kappa shape index (κ1) is 13.7. The van der Waals surface area contributed by atoms with Crippen LogP contribution in [-0.2, 0) is 0 Å². The average Bonchev–Trinajstić information content (AvgIpc) is 3.11. The van der Waals surface area contributed by atoms with Crippen LogP contribution < -0.4 is 5.43 Å². The molecular formula is C16H12N4O2. The molecule has 0 aliphatic carbocycles. The van der Waals surface area contributed by atoms with Gasteiger partial charge >= 0.3 is 5.91 Å². The predicted octanol–water partition coefficient (Wildman–Crippen LogP) is 2.25. The van der Waals surface area contributed by atoms with Gasteiger partial charge in [0.05, 0.1) is 17.7 Å². The molecule has 0 aliphatic rings. The highest BCUT2D eigenvalue weighted by Crippen LogP contribution is 2.06. The van der Waals surface area contributed by atoms with Gasteiger partial charge in [-0.25, -0.2) is 5.43 Å². The maximum Gasteiger partial charge on any atom is 0.307 e. The van der Waals surface area contributed by atoms with Gasteiger partial charge in [-0.15, -0.1) is 0 Å². The quantitative estimate of drug-likeness (QED) is 0.590. The molecule has 0 bridgehead atoms. The fourth-order valence-corrected chi connectivity index (χ4v) is 1.82. The number of rotatable bonds is 4. The summed E-state index contributed by atoms with van der Waals surface area (Å²) < 4.78 is 5.03. The fourth-order valence-electron chi connectivity index (χ4n) is 1.82. The summed E-state index contributed by atoms with van der Waals surface area (Å²) in [5.41, 5.74) is 4.15. The zero-order chi connectivity index (χ0) is 15.2. The summed E-state index contributed by atoms with van der Waals surface area (Å²) >= 11 is 0. The van der Waals surface area contributed by atoms with Gasteiger partial charge in [-0.05, 0) is 36.4 Å². The third kappa shape index (κ3) is 3.06. The molecule has 3 aromatic heterocycles. The minimum atomic E-state index is -0.436. The van der Waals surface area contributed by atoms with Crippen molar-refractivity contribution in [2.24, 2.45) is 5.10 Å². The van der Waals surface area contributed by atoms with E-state index in [1.54, 1.807) is 48.8 Å². The smallest absolute Gasteiger partial charge is 0.307 e. The number of pyridine rings is 2. The molecule has 0 fully saturated rings. The molecule has 1 N–H and O–H groups in total. The molecule has 1 amide bonds. The van der Waals surface area contributed by atoms with E-state index in [9.17, 15) is 4.79 Å². The number of carbonyl (C=O) groups is 1. The van der Waals surface area contributed by atoms with Crippen molar-refractivity contribution in [2.45, 2.75) is 0 Å². The minimum Gasteiger partial charge on any atom is -0.459 e. The number of hydrogen-bond acceptors (Lipinski definition) is 5. The lowest BCUT2D eigenvalue weighted by Crippen LogP contribution is -2.21. The van der Waals surface area contributed by atoms with Gasteiger partial charge in [0.25, 0.3) is 0 Å². The highest BCUT2D eigenvalue weighted by molar-refractivity contribution is 6.10. The summed E-state index contributed by atoms with van der Waals surface area (Å²) in [7, 11) is 0. The second-order valence-electron chi connectivity index (χ2n) is 4.31. The Morgan fingerprint density at radius 1 is 0.955 bits per heavy atom. The summed E-state index contributed by atoms with van der Waals surface area (Å²) in [6, 6.07) is 14.1. The van der Waals surface area contributed by atoms with Gasteiger partial charge < -0.3 is 4.42 Å². The van der Waals surface area contributed by atoms with Crippen LogP contribution in [0.5, 0.6) is 0 Å². The van der Waals surface area contributed by atoms with Gasteiger partial charge in [0.15, 0.2) is 5.76 Å². The molecule has 3 rings (SSSR count). The largest absolute Gasteiger partial charge is 0.459 e. The number of aromatic nitrogens is 2. The van der Waals surface area contributed by atoms with Crippen LogP contribution in [0.3, 0.4) is 0 Å². The molecule has 0 radical (unpaired) electrons. The summed E-state index contributed by atoms with van der Waals surface area (Å²) in [4.78, 5) is 20.4. The summed E-state index contributed by atoms with van der Waals surface area (Å²) in [5, 5.41) is 4.15. The Kier molecular flexibility index (Phi) is 4.01. The van der Waals surface area contributed by atoms with Gasteiger partial charge in [0.2, 0.25) is 0 Å². The zero-order valence-electron chi connectivity index (χ0n) is 11.5. The first-order valence-electron chi connectivity index (χ1n) is 6.59. The topological polar surface area (TPSA) is 80.4 Å². The number of hydrazone groups is 1. The lowest BCUT2D eigenvalue weighted by atomic mass is 10.1. The van der Waals surface area contributed by atoms with E-state index in [0.29, 0.717) is 17.1 Å². The second-order valence-corrected chi connectivity index (χ2v) is 4.31. The van der Waals surface area contributed by atoms with Crippen molar-refractivity contribution in [3.63, 3.8) is 0 Å². The molecule has 3 aromatic rings. The number of furan rings is 1. The van der Waals surface area contributed by atoms with E-state index in [2.05, 4.69) is 20.5 Å². The van der Waals surface area contributed by atoms with Gasteiger partial charge in [-0.3, -0.25) is 14.8 Å². The summed E-state index contributed by atoms with van der Waals surface area (Å²) in [6.45, 7) is 0. The molecular weight excluding hydrogens is 280 g/mol. The monoisotopic (exact) mass is 292 g/mol. The maximum atomic E-state index is 11.9. The van der Waals surface area contributed by atoms with Crippen molar-refractivity contribution in [2.75, 3.05) is 0 Å². The average molecular weight is 292 g/mol. The Hall–Kier alpha value is -3.28. The Morgan fingerprint density at radius 2 is 1.64 bits per heavy atom. The first-order chi connectivity index (χ1) is 10.8. The van der Waals surface area contributed by atoms with Crippen molar-refractivity contribution in [3.8, 4) is 0 Å². The Morgan fingerprint density at radius 3 is 2.14 bits per heavy atom. The number of nitrogens with zero attached hydrogens (tertiary/aromatic N) is 3. The predicted molar refractivity (Wildman–Crippen MR) is 80.3 cm³/mol. The molecule has 0 spiro atoms. The molecule has 6 nitrogen and oxygen atoms in total. The molecule has 22 heavy (non-hydrogen) atoms. The molecule has 0 saturated heterocycles. The van der Waals surface area contributed by atoms with Gasteiger partial charge in [0.1, 0.15) is 5.71 Å². The van der Waals surface area contributed by atoms with E-state index >= 15 is 0 Å². The highest BCUT2D eigenvalue weighted by Gasteiger charge is 2.12. The summed E-state index contributed by atoms with van der Waals surface area (Å²) in [6.07, 6.45) is 4.74. The van der Waals surface area contributed by atoms with Crippen LogP contribution in [0.2, 0.25) is 0 Å².